The summed E-state index contributed by atoms with van der Waals surface area (Å²) in [5.74, 6) is 16.1. The van der Waals surface area contributed by atoms with Crippen LogP contribution in [0.2, 0.25) is 0 Å². The van der Waals surface area contributed by atoms with Crippen molar-refractivity contribution in [3.05, 3.63) is 211 Å². The van der Waals surface area contributed by atoms with Gasteiger partial charge in [-0.1, -0.05) is 109 Å². The van der Waals surface area contributed by atoms with Crippen molar-refractivity contribution in [2.24, 2.45) is 0 Å². The zero-order valence-corrected chi connectivity index (χ0v) is 78.8. The molecule has 0 radical (unpaired) electrons. The number of halogens is 2. The van der Waals surface area contributed by atoms with Gasteiger partial charge in [-0.05, 0) is 185 Å². The molecule has 14 rings (SSSR count). The van der Waals surface area contributed by atoms with Crippen LogP contribution in [0.5, 0.6) is 23.0 Å². The molecule has 0 aliphatic carbocycles. The SMILES string of the molecule is COCCOCCOCCOc1cccc(-c2c3nc(c(C#CC#Cc4c5nc(c(-c6cccc(OCCOCCOCCOC)c6)c6ccc([n-]6)c(Br)c6nc(c(-c7cccc(OCCOCCOCCOC)c7)c7ccc4[n-]7)C=C6)C=C5)c4ccc([n-]4)c(-c4cccc(OCCOCCOCCOC)c4)c4nc(c(Br)c5ccc2[n-]5)C=C4)C=C3)c1.[Zn+2].[Zn+2]. The van der Waals surface area contributed by atoms with Crippen LogP contribution in [0, 0.1) is 23.7 Å². The van der Waals surface area contributed by atoms with E-state index >= 15 is 0 Å². The molecule has 0 saturated heterocycles. The Balaban J connectivity index is 0.00000701. The molecular formula is C96H92Br2N8O16Zn2. The molecule has 0 fully saturated rings. The summed E-state index contributed by atoms with van der Waals surface area (Å²) in [6.45, 7) is 10.1. The largest absolute Gasteiger partial charge is 2.00 e. The van der Waals surface area contributed by atoms with Crippen molar-refractivity contribution >= 4 is 125 Å². The van der Waals surface area contributed by atoms with Gasteiger partial charge in [-0.25, -0.2) is 19.9 Å². The zero-order chi connectivity index (χ0) is 83.9. The smallest absolute Gasteiger partial charge is 0.656 e. The van der Waals surface area contributed by atoms with E-state index in [1.54, 1.807) is 28.4 Å². The summed E-state index contributed by atoms with van der Waals surface area (Å²) >= 11 is 7.88. The first kappa shape index (κ1) is 93.3. The third-order valence-corrected chi connectivity index (χ3v) is 20.8. The van der Waals surface area contributed by atoms with Gasteiger partial charge in [0.1, 0.15) is 49.4 Å². The molecular weight excluding hydrogens is 1810 g/mol. The average molecular weight is 1900 g/mol. The van der Waals surface area contributed by atoms with Crippen molar-refractivity contribution in [1.82, 2.24) is 39.9 Å². The predicted molar refractivity (Wildman–Crippen MR) is 481 cm³/mol. The Labute approximate surface area is 762 Å². The molecule has 0 saturated carbocycles. The van der Waals surface area contributed by atoms with Crippen LogP contribution in [0.15, 0.2) is 155 Å². The molecule has 0 amide bonds. The van der Waals surface area contributed by atoms with Crippen molar-refractivity contribution < 1.29 is 115 Å². The van der Waals surface area contributed by atoms with E-state index in [2.05, 4.69) is 55.5 Å². The second-order valence-electron chi connectivity index (χ2n) is 27.5. The van der Waals surface area contributed by atoms with Gasteiger partial charge in [0.05, 0.1) is 178 Å². The first-order valence-electron chi connectivity index (χ1n) is 40.2. The van der Waals surface area contributed by atoms with E-state index in [1.807, 2.05) is 194 Å². The molecule has 630 valence electrons. The fraction of sp³-hybridized carbons (Fsp3) is 0.292. The Bertz CT molecular complexity index is 5420. The van der Waals surface area contributed by atoms with Gasteiger partial charge in [-0.3, -0.25) is 0 Å². The second kappa shape index (κ2) is 49.1. The van der Waals surface area contributed by atoms with Crippen LogP contribution < -0.4 is 38.9 Å². The zero-order valence-electron chi connectivity index (χ0n) is 69.7. The van der Waals surface area contributed by atoms with Gasteiger partial charge < -0.3 is 95.7 Å². The van der Waals surface area contributed by atoms with Crippen LogP contribution in [0.3, 0.4) is 0 Å². The van der Waals surface area contributed by atoms with Gasteiger partial charge in [0, 0.05) is 48.5 Å². The van der Waals surface area contributed by atoms with Gasteiger partial charge in [-0.15, -0.1) is 44.1 Å². The minimum Gasteiger partial charge on any atom is -0.656 e. The van der Waals surface area contributed by atoms with Crippen molar-refractivity contribution in [3.8, 4) is 91.2 Å². The first-order valence-corrected chi connectivity index (χ1v) is 41.7. The van der Waals surface area contributed by atoms with E-state index < -0.39 is 0 Å². The van der Waals surface area contributed by atoms with E-state index in [0.717, 1.165) is 44.5 Å². The van der Waals surface area contributed by atoms with Crippen LogP contribution in [0.25, 0.3) is 137 Å². The monoisotopic (exact) mass is 1900 g/mol. The van der Waals surface area contributed by atoms with E-state index in [0.29, 0.717) is 291 Å². The molecule has 24 nitrogen and oxygen atoms in total. The van der Waals surface area contributed by atoms with Crippen molar-refractivity contribution in [2.75, 3.05) is 187 Å². The predicted octanol–water partition coefficient (Wildman–Crippen LogP) is 16.0. The van der Waals surface area contributed by atoms with Crippen LogP contribution in [0.1, 0.15) is 56.7 Å². The minimum absolute atomic E-state index is 0. The molecule has 0 atom stereocenters. The van der Waals surface area contributed by atoms with Gasteiger partial charge in [0.2, 0.25) is 0 Å². The third kappa shape index (κ3) is 25.5. The molecule has 0 N–H and O–H groups in total. The molecule has 28 heteroatoms. The summed E-state index contributed by atoms with van der Waals surface area (Å²) in [6.07, 6.45) is 15.8. The second-order valence-corrected chi connectivity index (χ2v) is 29.1. The van der Waals surface area contributed by atoms with Crippen LogP contribution in [-0.2, 0) is 95.8 Å². The Kier molecular flexibility index (Phi) is 37.0. The van der Waals surface area contributed by atoms with Crippen molar-refractivity contribution in [3.63, 3.8) is 0 Å². The van der Waals surface area contributed by atoms with Crippen molar-refractivity contribution in [1.29, 1.82) is 0 Å². The Morgan fingerprint density at radius 1 is 0.250 bits per heavy atom. The number of ether oxygens (including phenoxy) is 16. The number of hydrogen-bond acceptors (Lipinski definition) is 20. The van der Waals surface area contributed by atoms with E-state index in [1.165, 1.54) is 0 Å². The molecule has 10 aromatic rings. The summed E-state index contributed by atoms with van der Waals surface area (Å²) in [4.78, 5) is 43.1. The van der Waals surface area contributed by atoms with Gasteiger partial charge in [0.25, 0.3) is 0 Å². The van der Waals surface area contributed by atoms with Gasteiger partial charge in [-0.2, -0.15) is 0 Å². The average Bonchev–Trinajstić information content (AvgIpc) is 1.62. The Morgan fingerprint density at radius 2 is 0.468 bits per heavy atom. The van der Waals surface area contributed by atoms with Crippen molar-refractivity contribution in [2.45, 2.75) is 0 Å². The van der Waals surface area contributed by atoms with Crippen LogP contribution >= 0.6 is 31.9 Å². The number of fused-ring (bicyclic) bond motifs is 16. The Morgan fingerprint density at radius 3 is 0.742 bits per heavy atom. The number of methoxy groups -OCH3 is 4. The molecule has 10 heterocycles. The number of hydrogen-bond donors (Lipinski definition) is 0. The standard InChI is InChI=1S/C96H92Br2N8O16.2Zn/c1-107-37-41-111-45-49-115-53-57-119-69-15-7-11-65(61-69)91-79-25-21-75(99-79)73(76-22-26-80(100-76)92(84-30-34-88(104-84)95(97)87-33-29-83(91)103-87)66-12-8-16-70(62-66)120-58-54-116-50-46-112-42-38-108-2)19-5-6-20-74-77-23-27-81(101-77)93(67-13-9-17-71(63-67)121-59-55-117-51-47-113-43-39-109-3)85-31-35-89(105-85)96(98)90-36-32-86(106-90)94(82-28-24-78(74)102-82)68-14-10-18-72(64-68)122-60-56-118-52-48-114-44-40-110-4;;/h7-18,21-36,61-64H,37-60H2,1-4H3;;/q-4;2*+2. The fourth-order valence-electron chi connectivity index (χ4n) is 13.4. The maximum atomic E-state index is 6.33. The third-order valence-electron chi connectivity index (χ3n) is 19.2. The topological polar surface area (TPSA) is 256 Å². The number of aromatic nitrogens is 8. The molecule has 6 aromatic heterocycles. The summed E-state index contributed by atoms with van der Waals surface area (Å²) < 4.78 is 92.9. The summed E-state index contributed by atoms with van der Waals surface area (Å²) in [7, 11) is 6.57. The minimum atomic E-state index is 0. The Hall–Kier alpha value is -9.87. The van der Waals surface area contributed by atoms with Gasteiger partial charge in [0.15, 0.2) is 0 Å². The molecule has 16 bridgehead atoms. The molecule has 0 unspecified atom stereocenters. The molecule has 0 spiro atoms. The van der Waals surface area contributed by atoms with Crippen LogP contribution in [-0.4, -0.2) is 207 Å². The molecule has 124 heavy (non-hydrogen) atoms. The summed E-state index contributed by atoms with van der Waals surface area (Å²) in [6, 6.07) is 47.3. The molecule has 4 aliphatic rings. The van der Waals surface area contributed by atoms with E-state index in [-0.39, 0.29) is 39.0 Å². The van der Waals surface area contributed by atoms with E-state index in [9.17, 15) is 0 Å². The maximum absolute atomic E-state index is 6.33. The number of benzene rings is 4. The fourth-order valence-corrected chi connectivity index (χ4v) is 14.3. The van der Waals surface area contributed by atoms with Crippen LogP contribution in [0.4, 0.5) is 0 Å². The summed E-state index contributed by atoms with van der Waals surface area (Å²) in [5, 5.41) is 0. The molecule has 4 aromatic carbocycles. The number of nitrogens with zero attached hydrogens (tertiary/aromatic N) is 8. The maximum Gasteiger partial charge on any atom is 2.00 e. The normalized spacial score (nSPS) is 11.8. The van der Waals surface area contributed by atoms with E-state index in [4.69, 9.17) is 116 Å². The molecule has 4 aliphatic heterocycles. The summed E-state index contributed by atoms with van der Waals surface area (Å²) in [5.41, 5.74) is 17.1. The quantitative estimate of drug-likeness (QED) is 0.0195. The number of rotatable bonds is 44. The van der Waals surface area contributed by atoms with Gasteiger partial charge >= 0.3 is 39.0 Å². The first-order chi connectivity index (χ1) is 60.2.